The molecule has 184 valence electrons. The van der Waals surface area contributed by atoms with Crippen LogP contribution in [0.1, 0.15) is 0 Å². The fourth-order valence-electron chi connectivity index (χ4n) is 1.98. The zero-order valence-electron chi connectivity index (χ0n) is 19.1. The maximum absolute atomic E-state index is 5.46. The molecule has 9 heteroatoms. The molecule has 0 aromatic carbocycles. The molecule has 9 nitrogen and oxygen atoms in total. The van der Waals surface area contributed by atoms with E-state index in [4.69, 9.17) is 50.7 Å². The quantitative estimate of drug-likeness (QED) is 0.147. The molecule has 0 aliphatic rings. The van der Waals surface area contributed by atoms with Crippen LogP contribution in [0, 0.1) is 24.7 Å². The minimum absolute atomic E-state index is 0.314. The Bertz CT molecular complexity index is 476. The van der Waals surface area contributed by atoms with Gasteiger partial charge in [0.15, 0.2) is 0 Å². The van der Waals surface area contributed by atoms with Gasteiger partial charge in [-0.05, 0) is 12.3 Å². The third-order valence-electron chi connectivity index (χ3n) is 3.44. The van der Waals surface area contributed by atoms with E-state index in [1.165, 1.54) is 0 Å². The molecular formula is C23H39NO8. The van der Waals surface area contributed by atoms with Crippen molar-refractivity contribution in [2.45, 2.75) is 0 Å². The first kappa shape index (κ1) is 30.3. The largest absolute Gasteiger partial charge is 0.389 e. The van der Waals surface area contributed by atoms with Crippen LogP contribution < -0.4 is 5.32 Å². The second kappa shape index (κ2) is 29.3. The van der Waals surface area contributed by atoms with E-state index >= 15 is 0 Å². The first-order chi connectivity index (χ1) is 15.9. The number of ether oxygens (including phenoxy) is 8. The van der Waals surface area contributed by atoms with Crippen molar-refractivity contribution in [1.82, 2.24) is 5.32 Å². The van der Waals surface area contributed by atoms with E-state index in [0.717, 1.165) is 0 Å². The van der Waals surface area contributed by atoms with Crippen molar-refractivity contribution in [3.8, 4) is 24.7 Å². The molecule has 0 aromatic heterocycles. The van der Waals surface area contributed by atoms with Crippen LogP contribution in [0.3, 0.4) is 0 Å². The van der Waals surface area contributed by atoms with Gasteiger partial charge in [-0.25, -0.2) is 0 Å². The van der Waals surface area contributed by atoms with Gasteiger partial charge >= 0.3 is 0 Å². The fraction of sp³-hybridized carbons (Fsp3) is 0.739. The van der Waals surface area contributed by atoms with Gasteiger partial charge in [-0.2, -0.15) is 0 Å². The Balaban J connectivity index is 3.08. The van der Waals surface area contributed by atoms with E-state index in [0.29, 0.717) is 112 Å². The van der Waals surface area contributed by atoms with Crippen molar-refractivity contribution in [2.75, 3.05) is 112 Å². The van der Waals surface area contributed by atoms with Gasteiger partial charge in [0.2, 0.25) is 0 Å². The lowest BCUT2D eigenvalue weighted by Crippen LogP contribution is -2.16. The van der Waals surface area contributed by atoms with Crippen molar-refractivity contribution in [1.29, 1.82) is 0 Å². The fourth-order valence-corrected chi connectivity index (χ4v) is 1.98. The van der Waals surface area contributed by atoms with E-state index in [9.17, 15) is 0 Å². The van der Waals surface area contributed by atoms with E-state index < -0.39 is 0 Å². The highest BCUT2D eigenvalue weighted by Gasteiger charge is 1.93. The second-order valence-corrected chi connectivity index (χ2v) is 6.01. The van der Waals surface area contributed by atoms with Crippen LogP contribution >= 0.6 is 0 Å². The molecule has 0 heterocycles. The third-order valence-corrected chi connectivity index (χ3v) is 3.44. The van der Waals surface area contributed by atoms with Gasteiger partial charge in [-0.15, -0.1) is 12.8 Å². The molecule has 0 bridgehead atoms. The monoisotopic (exact) mass is 457 g/mol. The van der Waals surface area contributed by atoms with Gasteiger partial charge in [0.25, 0.3) is 0 Å². The highest BCUT2D eigenvalue weighted by atomic mass is 16.6. The number of rotatable bonds is 26. The van der Waals surface area contributed by atoms with Gasteiger partial charge in [-0.1, -0.05) is 11.8 Å². The Morgan fingerprint density at radius 3 is 1.31 bits per heavy atom. The molecule has 1 N–H and O–H groups in total. The molecule has 0 unspecified atom stereocenters. The van der Waals surface area contributed by atoms with Gasteiger partial charge in [0.1, 0.15) is 13.2 Å². The van der Waals surface area contributed by atoms with Crippen LogP contribution in [0.2, 0.25) is 0 Å². The predicted molar refractivity (Wildman–Crippen MR) is 121 cm³/mol. The van der Waals surface area contributed by atoms with Crippen molar-refractivity contribution in [3.05, 3.63) is 12.3 Å². The van der Waals surface area contributed by atoms with Crippen LogP contribution in [0.4, 0.5) is 0 Å². The van der Waals surface area contributed by atoms with Crippen LogP contribution in [-0.2, 0) is 37.9 Å². The Hall–Kier alpha value is -1.66. The lowest BCUT2D eigenvalue weighted by atomic mass is 10.6. The Morgan fingerprint density at radius 1 is 0.500 bits per heavy atom. The molecule has 0 aromatic rings. The summed E-state index contributed by atoms with van der Waals surface area (Å²) in [6, 6.07) is 0. The molecular weight excluding hydrogens is 418 g/mol. The zero-order chi connectivity index (χ0) is 23.2. The predicted octanol–water partition coefficient (Wildman–Crippen LogP) is 0.489. The van der Waals surface area contributed by atoms with Gasteiger partial charge in [0.05, 0.1) is 92.5 Å². The molecule has 0 aliphatic heterocycles. The maximum atomic E-state index is 5.46. The average Bonchev–Trinajstić information content (AvgIpc) is 2.81. The molecule has 0 amide bonds. The SMILES string of the molecule is C#CCOCCOCCOCCOC/C=C/NCCOCCOCCOCCOCC#C. The lowest BCUT2D eigenvalue weighted by molar-refractivity contribution is 0.00187. The maximum Gasteiger partial charge on any atom is 0.107 e. The first-order valence-electron chi connectivity index (χ1n) is 10.8. The summed E-state index contributed by atoms with van der Waals surface area (Å²) in [5, 5.41) is 3.13. The summed E-state index contributed by atoms with van der Waals surface area (Å²) in [5.74, 6) is 4.79. The molecule has 0 fully saturated rings. The number of hydrogen-bond donors (Lipinski definition) is 1. The summed E-state index contributed by atoms with van der Waals surface area (Å²) in [4.78, 5) is 0. The molecule has 0 aliphatic carbocycles. The van der Waals surface area contributed by atoms with Crippen molar-refractivity contribution >= 4 is 0 Å². The molecule has 0 saturated heterocycles. The molecule has 0 spiro atoms. The molecule has 0 atom stereocenters. The molecule has 0 rings (SSSR count). The standard InChI is InChI=1S/C23H39NO8/c1-3-8-25-12-16-29-20-22-31-18-14-27-10-5-6-24-7-11-28-15-19-32-23-21-30-17-13-26-9-4-2/h1-2,5-6,24H,7-23H2/b6-5+. The van der Waals surface area contributed by atoms with Gasteiger partial charge in [-0.3, -0.25) is 0 Å². The first-order valence-corrected chi connectivity index (χ1v) is 10.8. The zero-order valence-corrected chi connectivity index (χ0v) is 19.1. The molecule has 0 saturated carbocycles. The van der Waals surface area contributed by atoms with Crippen molar-refractivity contribution in [3.63, 3.8) is 0 Å². The van der Waals surface area contributed by atoms with E-state index in [1.54, 1.807) is 0 Å². The van der Waals surface area contributed by atoms with Crippen LogP contribution in [0.15, 0.2) is 12.3 Å². The minimum atomic E-state index is 0.314. The summed E-state index contributed by atoms with van der Waals surface area (Å²) >= 11 is 0. The number of hydrogen-bond acceptors (Lipinski definition) is 9. The summed E-state index contributed by atoms with van der Waals surface area (Å²) in [6.45, 7) is 8.73. The molecule has 0 radical (unpaired) electrons. The summed E-state index contributed by atoms with van der Waals surface area (Å²) < 4.78 is 42.5. The van der Waals surface area contributed by atoms with Crippen LogP contribution in [0.5, 0.6) is 0 Å². The van der Waals surface area contributed by atoms with E-state index in [2.05, 4.69) is 17.2 Å². The minimum Gasteiger partial charge on any atom is -0.389 e. The summed E-state index contributed by atoms with van der Waals surface area (Å²) in [7, 11) is 0. The average molecular weight is 458 g/mol. The Morgan fingerprint density at radius 2 is 0.875 bits per heavy atom. The van der Waals surface area contributed by atoms with Crippen LogP contribution in [0.25, 0.3) is 0 Å². The normalized spacial score (nSPS) is 10.9. The summed E-state index contributed by atoms with van der Waals surface area (Å²) in [5.41, 5.74) is 0. The Labute approximate surface area is 193 Å². The summed E-state index contributed by atoms with van der Waals surface area (Å²) in [6.07, 6.45) is 13.9. The number of terminal acetylenes is 2. The van der Waals surface area contributed by atoms with E-state index in [1.807, 2.05) is 12.3 Å². The van der Waals surface area contributed by atoms with Crippen LogP contribution in [-0.4, -0.2) is 112 Å². The number of nitrogens with one attached hydrogen (secondary N) is 1. The van der Waals surface area contributed by atoms with Crippen molar-refractivity contribution in [2.24, 2.45) is 0 Å². The second-order valence-electron chi connectivity index (χ2n) is 6.01. The molecule has 32 heavy (non-hydrogen) atoms. The third kappa shape index (κ3) is 28.3. The smallest absolute Gasteiger partial charge is 0.107 e. The van der Waals surface area contributed by atoms with Crippen molar-refractivity contribution < 1.29 is 37.9 Å². The lowest BCUT2D eigenvalue weighted by Gasteiger charge is -2.07. The van der Waals surface area contributed by atoms with Gasteiger partial charge < -0.3 is 43.2 Å². The highest BCUT2D eigenvalue weighted by molar-refractivity contribution is 4.83. The van der Waals surface area contributed by atoms with E-state index in [-0.39, 0.29) is 0 Å². The van der Waals surface area contributed by atoms with Gasteiger partial charge in [0, 0.05) is 6.54 Å². The Kier molecular flexibility index (Phi) is 27.8. The highest BCUT2D eigenvalue weighted by Crippen LogP contribution is 1.84. The topological polar surface area (TPSA) is 85.9 Å².